The quantitative estimate of drug-likeness (QED) is 0.688. The molecule has 0 spiro atoms. The maximum atomic E-state index is 11.3. The maximum absolute atomic E-state index is 11.3. The van der Waals surface area contributed by atoms with Crippen LogP contribution >= 0.6 is 0 Å². The van der Waals surface area contributed by atoms with Crippen molar-refractivity contribution in [2.24, 2.45) is 17.6 Å². The molecule has 6 heteroatoms. The Morgan fingerprint density at radius 2 is 2.00 bits per heavy atom. The third-order valence-corrected chi connectivity index (χ3v) is 3.86. The minimum Gasteiger partial charge on any atom is -0.355 e. The average molecular weight is 248 g/mol. The van der Waals surface area contributed by atoms with Crippen molar-refractivity contribution in [3.8, 4) is 0 Å². The highest BCUT2D eigenvalue weighted by Crippen LogP contribution is 2.30. The van der Waals surface area contributed by atoms with E-state index in [1.165, 1.54) is 0 Å². The lowest BCUT2D eigenvalue weighted by Gasteiger charge is -2.18. The molecule has 0 heterocycles. The molecule has 0 saturated heterocycles. The minimum absolute atomic E-state index is 0.411. The molecule has 1 rings (SSSR count). The Hall–Kier alpha value is -0.620. The summed E-state index contributed by atoms with van der Waals surface area (Å²) in [6.07, 6.45) is 4.39. The number of nitrogens with one attached hydrogen (secondary N) is 1. The van der Waals surface area contributed by atoms with Gasteiger partial charge in [-0.2, -0.15) is 0 Å². The maximum Gasteiger partial charge on any atom is 0.235 e. The molecule has 2 unspecified atom stereocenters. The molecule has 1 aliphatic rings. The summed E-state index contributed by atoms with van der Waals surface area (Å²) in [5, 5.41) is 2.67. The summed E-state index contributed by atoms with van der Waals surface area (Å²) in [5.74, 6) is 0.0460. The van der Waals surface area contributed by atoms with Gasteiger partial charge < -0.3 is 11.1 Å². The first-order valence-electron chi connectivity index (χ1n) is 5.57. The first kappa shape index (κ1) is 13.4. The van der Waals surface area contributed by atoms with E-state index in [1.807, 2.05) is 0 Å². The monoisotopic (exact) mass is 248 g/mol. The summed E-state index contributed by atoms with van der Waals surface area (Å²) < 4.78 is 21.8. The van der Waals surface area contributed by atoms with E-state index in [-0.39, 0.29) is 0 Å². The van der Waals surface area contributed by atoms with Gasteiger partial charge in [-0.1, -0.05) is 6.42 Å². The third kappa shape index (κ3) is 4.49. The summed E-state index contributed by atoms with van der Waals surface area (Å²) in [6, 6.07) is 0. The van der Waals surface area contributed by atoms with E-state index >= 15 is 0 Å². The Morgan fingerprint density at radius 1 is 1.38 bits per heavy atom. The zero-order chi connectivity index (χ0) is 12.2. The second-order valence-electron chi connectivity index (χ2n) is 4.56. The molecule has 0 bridgehead atoms. The van der Waals surface area contributed by atoms with Crippen LogP contribution in [0.2, 0.25) is 0 Å². The van der Waals surface area contributed by atoms with Crippen molar-refractivity contribution >= 4 is 15.7 Å². The summed E-state index contributed by atoms with van der Waals surface area (Å²) in [7, 11) is -3.22. The van der Waals surface area contributed by atoms with Crippen LogP contribution in [0.5, 0.6) is 0 Å². The summed E-state index contributed by atoms with van der Waals surface area (Å²) in [5.41, 5.74) is 5.62. The highest BCUT2D eigenvalue weighted by Gasteiger charge is 2.26. The van der Waals surface area contributed by atoms with Gasteiger partial charge in [0.25, 0.3) is 0 Å². The number of nitrogens with two attached hydrogens (primary N) is 1. The Labute approximate surface area is 96.7 Å². The van der Waals surface area contributed by atoms with Crippen LogP contribution in [0.15, 0.2) is 0 Å². The Kier molecular flexibility index (Phi) is 4.73. The fraction of sp³-hybridized carbons (Fsp3) is 0.900. The van der Waals surface area contributed by atoms with Crippen molar-refractivity contribution in [2.45, 2.75) is 19.3 Å². The molecule has 5 nitrogen and oxygen atoms in total. The van der Waals surface area contributed by atoms with Crippen LogP contribution in [-0.2, 0) is 14.6 Å². The van der Waals surface area contributed by atoms with Crippen LogP contribution in [0.3, 0.4) is 0 Å². The second kappa shape index (κ2) is 5.63. The average Bonchev–Trinajstić information content (AvgIpc) is 2.59. The van der Waals surface area contributed by atoms with Crippen molar-refractivity contribution in [1.29, 1.82) is 0 Å². The van der Waals surface area contributed by atoms with Gasteiger partial charge in [0.15, 0.2) is 9.84 Å². The van der Waals surface area contributed by atoms with Gasteiger partial charge in [-0.3, -0.25) is 4.79 Å². The number of carbonyl (C=O) groups excluding carboxylic acids is 1. The highest BCUT2D eigenvalue weighted by atomic mass is 32.2. The van der Waals surface area contributed by atoms with E-state index in [0.29, 0.717) is 24.9 Å². The van der Waals surface area contributed by atoms with Crippen LogP contribution < -0.4 is 11.1 Å². The zero-order valence-electron chi connectivity index (χ0n) is 9.61. The number of sulfone groups is 1. The number of hydrogen-bond acceptors (Lipinski definition) is 4. The van der Waals surface area contributed by atoms with Gasteiger partial charge in [0.2, 0.25) is 5.91 Å². The predicted molar refractivity (Wildman–Crippen MR) is 62.6 cm³/mol. The predicted octanol–water partition coefficient (Wildman–Crippen LogP) is -0.478. The Bertz CT molecular complexity index is 340. The van der Waals surface area contributed by atoms with Gasteiger partial charge in [0, 0.05) is 12.8 Å². The zero-order valence-corrected chi connectivity index (χ0v) is 10.4. The van der Waals surface area contributed by atoms with Crippen molar-refractivity contribution in [2.75, 3.05) is 25.1 Å². The van der Waals surface area contributed by atoms with Gasteiger partial charge in [-0.15, -0.1) is 0 Å². The number of amides is 1. The molecule has 1 aliphatic carbocycles. The summed E-state index contributed by atoms with van der Waals surface area (Å²) >= 11 is 0. The number of hydrogen-bond donors (Lipinski definition) is 2. The molecule has 0 aromatic rings. The number of rotatable bonds is 5. The largest absolute Gasteiger partial charge is 0.355 e. The molecule has 0 aromatic heterocycles. The van der Waals surface area contributed by atoms with Crippen molar-refractivity contribution in [1.82, 2.24) is 5.32 Å². The van der Waals surface area contributed by atoms with Crippen molar-refractivity contribution in [3.05, 3.63) is 0 Å². The van der Waals surface area contributed by atoms with E-state index in [4.69, 9.17) is 5.73 Å². The number of carbonyl (C=O) groups is 1. The normalized spacial score (nSPS) is 25.6. The second-order valence-corrected chi connectivity index (χ2v) is 6.70. The Morgan fingerprint density at radius 3 is 2.56 bits per heavy atom. The molecule has 1 saturated carbocycles. The molecule has 0 radical (unpaired) electrons. The van der Waals surface area contributed by atoms with Crippen LogP contribution in [-0.4, -0.2) is 39.4 Å². The molecule has 94 valence electrons. The van der Waals surface area contributed by atoms with Crippen molar-refractivity contribution in [3.63, 3.8) is 0 Å². The minimum atomic E-state index is -3.22. The lowest BCUT2D eigenvalue weighted by molar-refractivity contribution is -0.118. The van der Waals surface area contributed by atoms with E-state index in [9.17, 15) is 13.2 Å². The van der Waals surface area contributed by atoms with Gasteiger partial charge in [-0.25, -0.2) is 8.42 Å². The Balaban J connectivity index is 2.31. The van der Waals surface area contributed by atoms with E-state index in [2.05, 4.69) is 5.32 Å². The smallest absolute Gasteiger partial charge is 0.235 e. The van der Waals surface area contributed by atoms with Gasteiger partial charge in [0.1, 0.15) is 5.75 Å². The van der Waals surface area contributed by atoms with Crippen LogP contribution in [0, 0.1) is 11.8 Å². The SMILES string of the molecule is CS(=O)(=O)CC(=O)NCC1CCCC1CN. The van der Waals surface area contributed by atoms with Crippen LogP contribution in [0.1, 0.15) is 19.3 Å². The molecule has 16 heavy (non-hydrogen) atoms. The first-order valence-corrected chi connectivity index (χ1v) is 7.63. The highest BCUT2D eigenvalue weighted by molar-refractivity contribution is 7.91. The van der Waals surface area contributed by atoms with Gasteiger partial charge in [-0.05, 0) is 31.2 Å². The third-order valence-electron chi connectivity index (χ3n) is 3.07. The van der Waals surface area contributed by atoms with Crippen LogP contribution in [0.25, 0.3) is 0 Å². The van der Waals surface area contributed by atoms with Gasteiger partial charge in [0.05, 0.1) is 0 Å². The lowest BCUT2D eigenvalue weighted by Crippen LogP contribution is -2.35. The molecule has 1 amide bonds. The summed E-state index contributed by atoms with van der Waals surface area (Å²) in [4.78, 5) is 11.3. The van der Waals surface area contributed by atoms with E-state index in [1.54, 1.807) is 0 Å². The molecular weight excluding hydrogens is 228 g/mol. The molecule has 1 fully saturated rings. The first-order chi connectivity index (χ1) is 7.42. The van der Waals surface area contributed by atoms with E-state index in [0.717, 1.165) is 25.5 Å². The summed E-state index contributed by atoms with van der Waals surface area (Å²) in [6.45, 7) is 1.20. The molecule has 0 aliphatic heterocycles. The lowest BCUT2D eigenvalue weighted by atomic mass is 9.96. The van der Waals surface area contributed by atoms with Crippen molar-refractivity contribution < 1.29 is 13.2 Å². The fourth-order valence-electron chi connectivity index (χ4n) is 2.23. The van der Waals surface area contributed by atoms with E-state index < -0.39 is 21.5 Å². The topological polar surface area (TPSA) is 89.3 Å². The van der Waals surface area contributed by atoms with Crippen LogP contribution in [0.4, 0.5) is 0 Å². The van der Waals surface area contributed by atoms with Gasteiger partial charge >= 0.3 is 0 Å². The fourth-order valence-corrected chi connectivity index (χ4v) is 2.81. The molecule has 3 N–H and O–H groups in total. The molecule has 2 atom stereocenters. The molecular formula is C10H20N2O3S. The molecule has 0 aromatic carbocycles. The standard InChI is InChI=1S/C10H20N2O3S/c1-16(14,15)7-10(13)12-6-9-4-2-3-8(9)5-11/h8-9H,2-7,11H2,1H3,(H,12,13).